The van der Waals surface area contributed by atoms with Gasteiger partial charge >= 0.3 is 11.9 Å². The van der Waals surface area contributed by atoms with Gasteiger partial charge in [0.2, 0.25) is 9.70 Å². The highest BCUT2D eigenvalue weighted by Crippen LogP contribution is 2.53. The van der Waals surface area contributed by atoms with E-state index in [1.807, 2.05) is 0 Å². The van der Waals surface area contributed by atoms with Gasteiger partial charge in [-0.3, -0.25) is 9.00 Å². The third-order valence-corrected chi connectivity index (χ3v) is 9.50. The smallest absolute Gasteiger partial charge is 0.331 e. The molecule has 2 aliphatic rings. The number of fused-ring (bicyclic) bond motifs is 1. The second-order valence-corrected chi connectivity index (χ2v) is 14.0. The molecule has 1 aromatic carbocycles. The number of amides is 1. The molecular weight excluding hydrogens is 630 g/mol. The van der Waals surface area contributed by atoms with E-state index in [-0.39, 0.29) is 32.8 Å². The van der Waals surface area contributed by atoms with Crippen LogP contribution in [0.1, 0.15) is 12.8 Å². The molecule has 0 saturated carbocycles. The maximum absolute atomic E-state index is 13.7. The zero-order valence-electron chi connectivity index (χ0n) is 17.6. The molecule has 2 heterocycles. The Labute approximate surface area is 238 Å². The van der Waals surface area contributed by atoms with Crippen LogP contribution in [0, 0.1) is 5.92 Å². The fraction of sp³-hybridized carbons (Fsp3) is 0.450. The van der Waals surface area contributed by atoms with Crippen molar-refractivity contribution in [2.24, 2.45) is 5.92 Å². The Bertz CT molecular complexity index is 1110. The lowest BCUT2D eigenvalue weighted by atomic mass is 9.85. The van der Waals surface area contributed by atoms with Gasteiger partial charge in [0.15, 0.2) is 10.2 Å². The Morgan fingerprint density at radius 2 is 1.83 bits per heavy atom. The highest BCUT2D eigenvalue weighted by molar-refractivity contribution is 7.88. The van der Waals surface area contributed by atoms with E-state index in [1.165, 1.54) is 36.3 Å². The van der Waals surface area contributed by atoms with E-state index < -0.39 is 61.3 Å². The van der Waals surface area contributed by atoms with Crippen molar-refractivity contribution in [3.8, 4) is 0 Å². The molecule has 2 saturated heterocycles. The molecule has 192 valence electrons. The lowest BCUT2D eigenvalue weighted by molar-refractivity contribution is -0.166. The molecule has 0 N–H and O–H groups in total. The van der Waals surface area contributed by atoms with Crippen molar-refractivity contribution in [1.82, 2.24) is 4.90 Å². The maximum atomic E-state index is 13.7. The van der Waals surface area contributed by atoms with Crippen LogP contribution < -0.4 is 0 Å². The summed E-state index contributed by atoms with van der Waals surface area (Å²) in [4.78, 5) is 38.6. The maximum Gasteiger partial charge on any atom is 0.331 e. The first-order chi connectivity index (χ1) is 16.2. The van der Waals surface area contributed by atoms with E-state index in [4.69, 9.17) is 85.9 Å². The minimum absolute atomic E-state index is 0.00398. The van der Waals surface area contributed by atoms with Gasteiger partial charge in [0.05, 0.1) is 43.8 Å². The summed E-state index contributed by atoms with van der Waals surface area (Å²) in [6.07, 6.45) is 2.76. The molecule has 5 atom stereocenters. The lowest BCUT2D eigenvalue weighted by Gasteiger charge is -2.44. The molecule has 2 fully saturated rings. The van der Waals surface area contributed by atoms with Gasteiger partial charge < -0.3 is 14.4 Å². The normalized spacial score (nSPS) is 26.9. The second kappa shape index (κ2) is 11.1. The first-order valence-corrected chi connectivity index (χ1v) is 13.6. The summed E-state index contributed by atoms with van der Waals surface area (Å²) in [5, 5.41) is 0.199. The number of esters is 2. The molecule has 15 heteroatoms. The van der Waals surface area contributed by atoms with Gasteiger partial charge in [0, 0.05) is 18.5 Å². The molecule has 0 spiro atoms. The summed E-state index contributed by atoms with van der Waals surface area (Å²) in [5.41, 5.74) is 0. The van der Waals surface area contributed by atoms with Gasteiger partial charge in [0.25, 0.3) is 0 Å². The number of carbonyl (C=O) groups excluding carboxylic acids is 3. The molecular formula is C20H16Cl7NO6S. The predicted molar refractivity (Wildman–Crippen MR) is 136 cm³/mol. The standard InChI is InChI=1S/C20H16Cl7NO6S/c1-33-15(29)4-2-3-9-13-7-19(24,35(32)14-6-11(22)10(21)5-12(14)23)16(28(13)17(9)30)18(31)34-8-20(25,26)27/h2,4-6,9,13,16H,3,7-8H2,1H3. The number of carbonyl (C=O) groups is 3. The van der Waals surface area contributed by atoms with E-state index in [2.05, 4.69) is 4.74 Å². The van der Waals surface area contributed by atoms with Gasteiger partial charge in [-0.15, -0.1) is 11.6 Å². The van der Waals surface area contributed by atoms with Crippen molar-refractivity contribution in [3.63, 3.8) is 0 Å². The van der Waals surface area contributed by atoms with Crippen LogP contribution >= 0.6 is 81.2 Å². The van der Waals surface area contributed by atoms with Crippen LogP contribution in [0.5, 0.6) is 0 Å². The molecule has 7 nitrogen and oxygen atoms in total. The third-order valence-electron chi connectivity index (χ3n) is 5.50. The van der Waals surface area contributed by atoms with Gasteiger partial charge in [-0.05, 0) is 18.6 Å². The van der Waals surface area contributed by atoms with E-state index in [0.717, 1.165) is 0 Å². The van der Waals surface area contributed by atoms with E-state index in [1.54, 1.807) is 0 Å². The summed E-state index contributed by atoms with van der Waals surface area (Å²) in [7, 11) is -0.950. The number of nitrogens with zero attached hydrogens (tertiary/aromatic N) is 1. The number of methoxy groups -OCH3 is 1. The third kappa shape index (κ3) is 6.01. The Hall–Kier alpha value is -0.450. The molecule has 0 radical (unpaired) electrons. The highest BCUT2D eigenvalue weighted by Gasteiger charge is 2.68. The monoisotopic (exact) mass is 643 g/mol. The van der Waals surface area contributed by atoms with Crippen LogP contribution in [0.4, 0.5) is 0 Å². The second-order valence-electron chi connectivity index (χ2n) is 7.66. The lowest BCUT2D eigenvalue weighted by Crippen LogP contribution is -2.63. The number of ether oxygens (including phenoxy) is 2. The number of hydrogen-bond donors (Lipinski definition) is 0. The predicted octanol–water partition coefficient (Wildman–Crippen LogP) is 5.32. The summed E-state index contributed by atoms with van der Waals surface area (Å²) >= 11 is 42.2. The Morgan fingerprint density at radius 1 is 1.20 bits per heavy atom. The van der Waals surface area contributed by atoms with Crippen molar-refractivity contribution in [2.75, 3.05) is 13.7 Å². The Kier molecular flexibility index (Phi) is 9.25. The summed E-state index contributed by atoms with van der Waals surface area (Å²) < 4.78 is 19.6. The van der Waals surface area contributed by atoms with Crippen LogP contribution in [0.3, 0.4) is 0 Å². The van der Waals surface area contributed by atoms with E-state index in [9.17, 15) is 18.6 Å². The largest absolute Gasteiger partial charge is 0.466 e. The van der Waals surface area contributed by atoms with Crippen LogP contribution in [-0.2, 0) is 34.7 Å². The first kappa shape index (κ1) is 29.1. The van der Waals surface area contributed by atoms with Crippen LogP contribution in [0.25, 0.3) is 0 Å². The topological polar surface area (TPSA) is 90.0 Å². The average Bonchev–Trinajstić information content (AvgIpc) is 3.06. The van der Waals surface area contributed by atoms with Gasteiger partial charge in [0.1, 0.15) is 6.61 Å². The number of halogens is 7. The number of rotatable bonds is 7. The van der Waals surface area contributed by atoms with Crippen molar-refractivity contribution < 1.29 is 28.1 Å². The number of alkyl halides is 4. The van der Waals surface area contributed by atoms with E-state index in [0.29, 0.717) is 0 Å². The number of β-lactam (4-membered cyclic amide) rings is 1. The molecule has 0 bridgehead atoms. The molecule has 1 amide bonds. The Morgan fingerprint density at radius 3 is 2.43 bits per heavy atom. The van der Waals surface area contributed by atoms with Gasteiger partial charge in [-0.2, -0.15) is 0 Å². The van der Waals surface area contributed by atoms with Crippen molar-refractivity contribution in [2.45, 2.75) is 37.8 Å². The fourth-order valence-electron chi connectivity index (χ4n) is 3.96. The van der Waals surface area contributed by atoms with Gasteiger partial charge in [-0.1, -0.05) is 75.7 Å². The number of allylic oxidation sites excluding steroid dienone is 1. The summed E-state index contributed by atoms with van der Waals surface area (Å²) in [5.74, 6) is -2.66. The average molecular weight is 647 g/mol. The van der Waals surface area contributed by atoms with E-state index >= 15 is 0 Å². The van der Waals surface area contributed by atoms with Crippen molar-refractivity contribution >= 4 is 110 Å². The highest BCUT2D eigenvalue weighted by atomic mass is 35.6. The molecule has 1 aromatic rings. The molecule has 2 aliphatic heterocycles. The van der Waals surface area contributed by atoms with Crippen LogP contribution in [0.2, 0.25) is 15.1 Å². The van der Waals surface area contributed by atoms with Gasteiger partial charge in [-0.25, -0.2) is 9.59 Å². The molecule has 3 rings (SSSR count). The number of benzene rings is 1. The van der Waals surface area contributed by atoms with Crippen LogP contribution in [-0.4, -0.2) is 60.8 Å². The molecule has 0 aliphatic carbocycles. The van der Waals surface area contributed by atoms with Crippen molar-refractivity contribution in [3.05, 3.63) is 39.4 Å². The zero-order chi connectivity index (χ0) is 26.3. The SMILES string of the molecule is COC(=O)C=CCC1C(=O)N2C1CC(Cl)(S(=O)c1cc(Cl)c(Cl)cc1Cl)C2C(=O)OCC(Cl)(Cl)Cl. The van der Waals surface area contributed by atoms with Crippen LogP contribution in [0.15, 0.2) is 29.2 Å². The first-order valence-electron chi connectivity index (χ1n) is 9.76. The molecule has 35 heavy (non-hydrogen) atoms. The van der Waals surface area contributed by atoms with Crippen molar-refractivity contribution in [1.29, 1.82) is 0 Å². The quantitative estimate of drug-likeness (QED) is 0.131. The Balaban J connectivity index is 1.96. The minimum atomic E-state index is -2.17. The fourth-order valence-corrected chi connectivity index (χ4v) is 7.11. The summed E-state index contributed by atoms with van der Waals surface area (Å²) in [6, 6.07) is 0.508. The zero-order valence-corrected chi connectivity index (χ0v) is 23.7. The molecule has 5 unspecified atom stereocenters. The molecule has 0 aromatic heterocycles. The summed E-state index contributed by atoms with van der Waals surface area (Å²) in [6.45, 7) is -0.627. The minimum Gasteiger partial charge on any atom is -0.466 e. The number of hydrogen-bond acceptors (Lipinski definition) is 6.